The average Bonchev–Trinajstić information content (AvgIpc) is 3.40. The van der Waals surface area contributed by atoms with Gasteiger partial charge in [0.15, 0.2) is 0 Å². The van der Waals surface area contributed by atoms with Crippen LogP contribution in [0.3, 0.4) is 0 Å². The van der Waals surface area contributed by atoms with Crippen LogP contribution in [0.25, 0.3) is 11.0 Å². The first kappa shape index (κ1) is 19.9. The molecule has 0 radical (unpaired) electrons. The molecule has 0 saturated carbocycles. The largest absolute Gasteiger partial charge is 0.290 e. The molecule has 0 atom stereocenters. The van der Waals surface area contributed by atoms with Crippen LogP contribution in [0, 0.1) is 0 Å². The average molecular weight is 441 g/mol. The molecule has 0 unspecified atom stereocenters. The van der Waals surface area contributed by atoms with Gasteiger partial charge in [-0.2, -0.15) is 5.10 Å². The Morgan fingerprint density at radius 3 is 2.58 bits per heavy atom. The van der Waals surface area contributed by atoms with Gasteiger partial charge in [0.2, 0.25) is 0 Å². The summed E-state index contributed by atoms with van der Waals surface area (Å²) in [6.07, 6.45) is -0.756. The molecule has 5 rings (SSSR count). The zero-order valence-corrected chi connectivity index (χ0v) is 17.2. The van der Waals surface area contributed by atoms with Crippen LogP contribution in [-0.4, -0.2) is 19.7 Å². The van der Waals surface area contributed by atoms with E-state index < -0.39 is 6.43 Å². The maximum atomic E-state index is 13.3. The Bertz CT molecular complexity index is 1310. The van der Waals surface area contributed by atoms with Crippen molar-refractivity contribution in [1.29, 1.82) is 0 Å². The van der Waals surface area contributed by atoms with Crippen molar-refractivity contribution >= 4 is 22.6 Å². The number of alkyl halides is 2. The van der Waals surface area contributed by atoms with E-state index in [1.165, 1.54) is 12.1 Å². The summed E-state index contributed by atoms with van der Waals surface area (Å²) >= 11 is 5.98. The molecular weight excluding hydrogens is 422 g/mol. The van der Waals surface area contributed by atoms with Gasteiger partial charge in [0.25, 0.3) is 12.0 Å². The van der Waals surface area contributed by atoms with Crippen LogP contribution < -0.4 is 5.56 Å². The molecule has 0 bridgehead atoms. The smallest absolute Gasteiger partial charge is 0.263 e. The van der Waals surface area contributed by atoms with Crippen LogP contribution >= 0.6 is 11.6 Å². The van der Waals surface area contributed by atoms with Gasteiger partial charge in [-0.05, 0) is 34.9 Å². The van der Waals surface area contributed by atoms with Crippen molar-refractivity contribution in [2.24, 2.45) is 0 Å². The summed E-state index contributed by atoms with van der Waals surface area (Å²) in [7, 11) is 0. The molecule has 3 heterocycles. The van der Waals surface area contributed by atoms with Gasteiger partial charge >= 0.3 is 0 Å². The van der Waals surface area contributed by atoms with E-state index in [2.05, 4.69) is 15.1 Å². The SMILES string of the molecule is O=c1c2c(c3cn[nH]c3n1Cc1ccc(Cl)cc1)CN(Cc1cccc(C(F)F)c1)C2. The lowest BCUT2D eigenvalue weighted by molar-refractivity contribution is 0.151. The van der Waals surface area contributed by atoms with Gasteiger partial charge < -0.3 is 0 Å². The lowest BCUT2D eigenvalue weighted by Gasteiger charge is -2.15. The van der Waals surface area contributed by atoms with Crippen molar-refractivity contribution in [2.75, 3.05) is 0 Å². The number of nitrogens with zero attached hydrogens (tertiary/aromatic N) is 3. The third-order valence-corrected chi connectivity index (χ3v) is 5.96. The summed E-state index contributed by atoms with van der Waals surface area (Å²) in [5, 5.41) is 8.68. The van der Waals surface area contributed by atoms with Crippen molar-refractivity contribution in [1.82, 2.24) is 19.7 Å². The molecule has 1 aliphatic rings. The first-order valence-corrected chi connectivity index (χ1v) is 10.3. The minimum absolute atomic E-state index is 0.0109. The third-order valence-electron chi connectivity index (χ3n) is 5.71. The number of nitrogens with one attached hydrogen (secondary N) is 1. The highest BCUT2D eigenvalue weighted by molar-refractivity contribution is 6.30. The maximum absolute atomic E-state index is 13.3. The highest BCUT2D eigenvalue weighted by Crippen LogP contribution is 2.29. The molecule has 1 aliphatic heterocycles. The monoisotopic (exact) mass is 440 g/mol. The number of halogens is 3. The summed E-state index contributed by atoms with van der Waals surface area (Å²) < 4.78 is 27.8. The van der Waals surface area contributed by atoms with Crippen molar-refractivity contribution in [3.8, 4) is 0 Å². The highest BCUT2D eigenvalue weighted by atomic mass is 35.5. The third kappa shape index (κ3) is 3.75. The van der Waals surface area contributed by atoms with Crippen LogP contribution in [-0.2, 0) is 26.2 Å². The summed E-state index contributed by atoms with van der Waals surface area (Å²) in [6, 6.07) is 13.8. The van der Waals surface area contributed by atoms with Crippen LogP contribution in [0.4, 0.5) is 8.78 Å². The maximum Gasteiger partial charge on any atom is 0.263 e. The molecule has 2 aromatic carbocycles. The minimum Gasteiger partial charge on any atom is -0.290 e. The van der Waals surface area contributed by atoms with E-state index in [4.69, 9.17) is 11.6 Å². The van der Waals surface area contributed by atoms with E-state index in [1.807, 2.05) is 18.2 Å². The van der Waals surface area contributed by atoms with Crippen molar-refractivity contribution < 1.29 is 8.78 Å². The minimum atomic E-state index is -2.50. The van der Waals surface area contributed by atoms with E-state index >= 15 is 0 Å². The van der Waals surface area contributed by atoms with E-state index in [9.17, 15) is 13.6 Å². The van der Waals surface area contributed by atoms with Crippen LogP contribution in [0.15, 0.2) is 59.5 Å². The molecule has 5 nitrogen and oxygen atoms in total. The number of hydrogen-bond donors (Lipinski definition) is 1. The van der Waals surface area contributed by atoms with Crippen LogP contribution in [0.1, 0.15) is 34.2 Å². The molecule has 0 aliphatic carbocycles. The number of H-pyrrole nitrogens is 1. The molecule has 31 heavy (non-hydrogen) atoms. The Morgan fingerprint density at radius 2 is 1.81 bits per heavy atom. The number of aromatic amines is 1. The van der Waals surface area contributed by atoms with Gasteiger partial charge in [-0.25, -0.2) is 8.78 Å². The number of hydrogen-bond acceptors (Lipinski definition) is 3. The molecule has 2 aromatic heterocycles. The highest BCUT2D eigenvalue weighted by Gasteiger charge is 2.27. The molecule has 0 amide bonds. The van der Waals surface area contributed by atoms with Gasteiger partial charge in [-0.1, -0.05) is 41.9 Å². The lowest BCUT2D eigenvalue weighted by Crippen LogP contribution is -2.26. The second-order valence-corrected chi connectivity index (χ2v) is 8.23. The number of pyridine rings is 1. The zero-order chi connectivity index (χ0) is 21.5. The Morgan fingerprint density at radius 1 is 1.03 bits per heavy atom. The fourth-order valence-corrected chi connectivity index (χ4v) is 4.36. The molecule has 0 saturated heterocycles. The summed E-state index contributed by atoms with van der Waals surface area (Å²) in [5.74, 6) is 0. The number of aromatic nitrogens is 3. The van der Waals surface area contributed by atoms with Crippen molar-refractivity contribution in [3.05, 3.63) is 97.9 Å². The molecule has 4 aromatic rings. The fourth-order valence-electron chi connectivity index (χ4n) is 4.23. The predicted octanol–water partition coefficient (Wildman–Crippen LogP) is 4.88. The van der Waals surface area contributed by atoms with Gasteiger partial charge in [0.05, 0.1) is 12.7 Å². The Labute approximate surface area is 181 Å². The van der Waals surface area contributed by atoms with Crippen LogP contribution in [0.2, 0.25) is 5.02 Å². The molecule has 8 heteroatoms. The van der Waals surface area contributed by atoms with E-state index in [1.54, 1.807) is 29.0 Å². The van der Waals surface area contributed by atoms with Gasteiger partial charge in [-0.15, -0.1) is 0 Å². The quantitative estimate of drug-likeness (QED) is 0.481. The van der Waals surface area contributed by atoms with Crippen molar-refractivity contribution in [2.45, 2.75) is 32.6 Å². The lowest BCUT2D eigenvalue weighted by atomic mass is 10.1. The van der Waals surface area contributed by atoms with E-state index in [0.717, 1.165) is 27.6 Å². The Balaban J connectivity index is 1.47. The second-order valence-electron chi connectivity index (χ2n) is 7.80. The van der Waals surface area contributed by atoms with Gasteiger partial charge in [-0.3, -0.25) is 19.4 Å². The normalized spacial score (nSPS) is 13.9. The second kappa shape index (κ2) is 7.90. The fraction of sp³-hybridized carbons (Fsp3) is 0.217. The predicted molar refractivity (Wildman–Crippen MR) is 115 cm³/mol. The van der Waals surface area contributed by atoms with Crippen molar-refractivity contribution in [3.63, 3.8) is 0 Å². The Hall–Kier alpha value is -3.03. The molecule has 0 fully saturated rings. The first-order valence-electron chi connectivity index (χ1n) is 9.91. The molecule has 0 spiro atoms. The molecule has 158 valence electrons. The standard InChI is InChI=1S/C23H19ClF2N4O/c24-17-6-4-14(5-7-17)11-30-22-18(9-27-28-22)19-12-29(13-20(19)23(30)31)10-15-2-1-3-16(8-15)21(25)26/h1-9,21H,10-13H2,(H,27,28). The van der Waals surface area contributed by atoms with E-state index in [-0.39, 0.29) is 11.1 Å². The van der Waals surface area contributed by atoms with Crippen LogP contribution in [0.5, 0.6) is 0 Å². The van der Waals surface area contributed by atoms with Gasteiger partial charge in [0.1, 0.15) is 5.65 Å². The number of fused-ring (bicyclic) bond motifs is 3. The molecule has 1 N–H and O–H groups in total. The van der Waals surface area contributed by atoms with E-state index in [0.29, 0.717) is 36.8 Å². The first-order chi connectivity index (χ1) is 15.0. The number of rotatable bonds is 5. The summed E-state index contributed by atoms with van der Waals surface area (Å²) in [4.78, 5) is 15.4. The topological polar surface area (TPSA) is 53.9 Å². The zero-order valence-electron chi connectivity index (χ0n) is 16.5. The summed E-state index contributed by atoms with van der Waals surface area (Å²) in [5.41, 5.74) is 4.07. The molecular formula is C23H19ClF2N4O. The number of benzene rings is 2. The Kier molecular flexibility index (Phi) is 5.08. The van der Waals surface area contributed by atoms with Gasteiger partial charge in [0, 0.05) is 41.2 Å². The summed E-state index contributed by atoms with van der Waals surface area (Å²) in [6.45, 7) is 1.93.